The highest BCUT2D eigenvalue weighted by molar-refractivity contribution is 9.10. The Morgan fingerprint density at radius 1 is 1.17 bits per heavy atom. The molecule has 2 aromatic carbocycles. The number of methoxy groups -OCH3 is 1. The summed E-state index contributed by atoms with van der Waals surface area (Å²) in [4.78, 5) is 1.36. The van der Waals surface area contributed by atoms with Gasteiger partial charge in [-0.05, 0) is 70.1 Å². The van der Waals surface area contributed by atoms with Gasteiger partial charge in [-0.25, -0.2) is 4.39 Å². The van der Waals surface area contributed by atoms with E-state index in [0.29, 0.717) is 12.8 Å². The Kier molecular flexibility index (Phi) is 5.23. The minimum absolute atomic E-state index is 0.151. The number of hydrogen-bond acceptors (Lipinski definition) is 2. The standard InChI is InChI=1S/C22H20BrF4NO/c1-12-9-15-14-6-4-3-5-13(14)10-16(15)21(28(12)11-22(25,26)27)19-18(29-2)8-7-17(23)20(19)24/h3-8,12,21H,9-11H2,1-2H3/t12-,21+/m1/s1. The van der Waals surface area contributed by atoms with Gasteiger partial charge in [0.1, 0.15) is 11.6 Å². The average Bonchev–Trinajstić information content (AvgIpc) is 3.02. The zero-order valence-corrected chi connectivity index (χ0v) is 17.6. The van der Waals surface area contributed by atoms with Crippen molar-refractivity contribution in [2.45, 2.75) is 38.0 Å². The lowest BCUT2D eigenvalue weighted by Gasteiger charge is -2.43. The van der Waals surface area contributed by atoms with Crippen LogP contribution in [0.25, 0.3) is 5.57 Å². The van der Waals surface area contributed by atoms with E-state index in [-0.39, 0.29) is 15.8 Å². The Morgan fingerprint density at radius 2 is 1.90 bits per heavy atom. The monoisotopic (exact) mass is 469 g/mol. The molecule has 2 nitrogen and oxygen atoms in total. The molecule has 0 amide bonds. The van der Waals surface area contributed by atoms with Gasteiger partial charge in [-0.3, -0.25) is 4.90 Å². The molecule has 2 atom stereocenters. The average molecular weight is 470 g/mol. The molecular formula is C22H20BrF4NO. The first-order chi connectivity index (χ1) is 13.7. The summed E-state index contributed by atoms with van der Waals surface area (Å²) in [5.74, 6) is -0.335. The van der Waals surface area contributed by atoms with Crippen LogP contribution in [0.15, 0.2) is 46.4 Å². The topological polar surface area (TPSA) is 12.5 Å². The maximum atomic E-state index is 15.3. The molecule has 1 aliphatic carbocycles. The van der Waals surface area contributed by atoms with Gasteiger partial charge in [0, 0.05) is 6.04 Å². The molecule has 0 bridgehead atoms. The predicted octanol–water partition coefficient (Wildman–Crippen LogP) is 6.30. The fourth-order valence-electron chi connectivity index (χ4n) is 4.60. The number of alkyl halides is 3. The van der Waals surface area contributed by atoms with E-state index in [1.54, 1.807) is 13.0 Å². The molecule has 0 saturated heterocycles. The summed E-state index contributed by atoms with van der Waals surface area (Å²) >= 11 is 3.19. The third kappa shape index (κ3) is 3.59. The van der Waals surface area contributed by atoms with Crippen LogP contribution in [0.1, 0.15) is 36.1 Å². The SMILES string of the molecule is COc1ccc(Br)c(F)c1[C@@H]1C2=C(C[C@@H](C)N1CC(F)(F)F)c1ccccc1C2. The molecule has 29 heavy (non-hydrogen) atoms. The highest BCUT2D eigenvalue weighted by atomic mass is 79.9. The van der Waals surface area contributed by atoms with E-state index < -0.39 is 30.6 Å². The second-order valence-corrected chi connectivity index (χ2v) is 8.41. The number of rotatable bonds is 3. The summed E-state index contributed by atoms with van der Waals surface area (Å²) in [6.45, 7) is 0.660. The van der Waals surface area contributed by atoms with Gasteiger partial charge < -0.3 is 4.74 Å². The van der Waals surface area contributed by atoms with Crippen LogP contribution in [-0.2, 0) is 6.42 Å². The minimum atomic E-state index is -4.40. The molecule has 2 aliphatic rings. The van der Waals surface area contributed by atoms with Crippen molar-refractivity contribution in [3.05, 3.63) is 69.0 Å². The lowest BCUT2D eigenvalue weighted by molar-refractivity contribution is -0.155. The van der Waals surface area contributed by atoms with E-state index in [1.165, 1.54) is 18.1 Å². The first-order valence-corrected chi connectivity index (χ1v) is 10.1. The van der Waals surface area contributed by atoms with Crippen LogP contribution in [0.4, 0.5) is 17.6 Å². The van der Waals surface area contributed by atoms with Gasteiger partial charge >= 0.3 is 6.18 Å². The molecule has 0 saturated carbocycles. The Hall–Kier alpha value is -1.86. The zero-order valence-electron chi connectivity index (χ0n) is 16.0. The Morgan fingerprint density at radius 3 is 2.59 bits per heavy atom. The van der Waals surface area contributed by atoms with Gasteiger partial charge in [-0.2, -0.15) is 13.2 Å². The molecule has 1 heterocycles. The van der Waals surface area contributed by atoms with Gasteiger partial charge in [-0.15, -0.1) is 0 Å². The molecule has 1 aliphatic heterocycles. The first kappa shape index (κ1) is 20.4. The van der Waals surface area contributed by atoms with Crippen molar-refractivity contribution in [1.82, 2.24) is 4.90 Å². The molecule has 0 N–H and O–H groups in total. The van der Waals surface area contributed by atoms with E-state index in [0.717, 1.165) is 22.3 Å². The summed E-state index contributed by atoms with van der Waals surface area (Å²) < 4.78 is 61.3. The first-order valence-electron chi connectivity index (χ1n) is 9.36. The van der Waals surface area contributed by atoms with Crippen LogP contribution in [0.3, 0.4) is 0 Å². The molecule has 0 aromatic heterocycles. The maximum absolute atomic E-state index is 15.3. The largest absolute Gasteiger partial charge is 0.496 e. The summed E-state index contributed by atoms with van der Waals surface area (Å²) in [5.41, 5.74) is 4.12. The Bertz CT molecular complexity index is 985. The number of halogens is 5. The number of hydrogen-bond donors (Lipinski definition) is 0. The molecule has 154 valence electrons. The van der Waals surface area contributed by atoms with Gasteiger partial charge in [0.15, 0.2) is 0 Å². The number of benzene rings is 2. The van der Waals surface area contributed by atoms with Crippen molar-refractivity contribution >= 4 is 21.5 Å². The highest BCUT2D eigenvalue weighted by Crippen LogP contribution is 2.51. The molecular weight excluding hydrogens is 450 g/mol. The van der Waals surface area contributed by atoms with Crippen LogP contribution < -0.4 is 4.74 Å². The fourth-order valence-corrected chi connectivity index (χ4v) is 4.95. The minimum Gasteiger partial charge on any atom is -0.496 e. The summed E-state index contributed by atoms with van der Waals surface area (Å²) in [7, 11) is 1.41. The molecule has 0 unspecified atom stereocenters. The van der Waals surface area contributed by atoms with E-state index >= 15 is 4.39 Å². The molecule has 4 rings (SSSR count). The number of nitrogens with zero attached hydrogens (tertiary/aromatic N) is 1. The molecule has 2 aromatic rings. The van der Waals surface area contributed by atoms with Crippen molar-refractivity contribution in [2.75, 3.05) is 13.7 Å². The zero-order chi connectivity index (χ0) is 20.9. The van der Waals surface area contributed by atoms with Gasteiger partial charge in [0.05, 0.1) is 29.7 Å². The number of ether oxygens (including phenoxy) is 1. The fraction of sp³-hybridized carbons (Fsp3) is 0.364. The van der Waals surface area contributed by atoms with Crippen molar-refractivity contribution in [1.29, 1.82) is 0 Å². The van der Waals surface area contributed by atoms with E-state index in [2.05, 4.69) is 15.9 Å². The maximum Gasteiger partial charge on any atom is 0.401 e. The summed E-state index contributed by atoms with van der Waals surface area (Å²) in [6, 6.07) is 9.67. The summed E-state index contributed by atoms with van der Waals surface area (Å²) in [6.07, 6.45) is -3.39. The Labute approximate surface area is 175 Å². The van der Waals surface area contributed by atoms with Crippen molar-refractivity contribution < 1.29 is 22.3 Å². The number of fused-ring (bicyclic) bond motifs is 2. The molecule has 0 spiro atoms. The second-order valence-electron chi connectivity index (χ2n) is 7.56. The van der Waals surface area contributed by atoms with Crippen molar-refractivity contribution in [3.63, 3.8) is 0 Å². The Balaban J connectivity index is 1.94. The highest BCUT2D eigenvalue weighted by Gasteiger charge is 2.45. The second kappa shape index (κ2) is 7.43. The normalized spacial score (nSPS) is 21.9. The van der Waals surface area contributed by atoms with Crippen molar-refractivity contribution in [2.24, 2.45) is 0 Å². The smallest absolute Gasteiger partial charge is 0.401 e. The van der Waals surface area contributed by atoms with Gasteiger partial charge in [-0.1, -0.05) is 24.3 Å². The van der Waals surface area contributed by atoms with Crippen LogP contribution in [-0.4, -0.2) is 30.8 Å². The third-order valence-corrected chi connectivity index (χ3v) is 6.40. The molecule has 0 radical (unpaired) electrons. The lowest BCUT2D eigenvalue weighted by atomic mass is 9.84. The van der Waals surface area contributed by atoms with Crippen molar-refractivity contribution in [3.8, 4) is 5.75 Å². The predicted molar refractivity (Wildman–Crippen MR) is 107 cm³/mol. The van der Waals surface area contributed by atoms with Crippen LogP contribution in [0.5, 0.6) is 5.75 Å². The van der Waals surface area contributed by atoms with E-state index in [4.69, 9.17) is 4.74 Å². The molecule has 7 heteroatoms. The third-order valence-electron chi connectivity index (χ3n) is 5.79. The molecule has 0 fully saturated rings. The van der Waals surface area contributed by atoms with E-state index in [9.17, 15) is 13.2 Å². The van der Waals surface area contributed by atoms with Crippen LogP contribution in [0.2, 0.25) is 0 Å². The van der Waals surface area contributed by atoms with E-state index in [1.807, 2.05) is 24.3 Å². The lowest BCUT2D eigenvalue weighted by Crippen LogP contribution is -2.46. The van der Waals surface area contributed by atoms with Gasteiger partial charge in [0.2, 0.25) is 0 Å². The summed E-state index contributed by atoms with van der Waals surface area (Å²) in [5, 5.41) is 0. The van der Waals surface area contributed by atoms with Gasteiger partial charge in [0.25, 0.3) is 0 Å². The van der Waals surface area contributed by atoms with Crippen LogP contribution >= 0.6 is 15.9 Å². The quantitative estimate of drug-likeness (QED) is 0.488. The van der Waals surface area contributed by atoms with Crippen LogP contribution in [0, 0.1) is 5.82 Å².